The molecule has 3 rings (SSSR count). The van der Waals surface area contributed by atoms with E-state index in [0.29, 0.717) is 13.0 Å². The molecule has 0 unspecified atom stereocenters. The van der Waals surface area contributed by atoms with Crippen LogP contribution < -0.4 is 5.32 Å². The van der Waals surface area contributed by atoms with E-state index in [2.05, 4.69) is 27.3 Å². The van der Waals surface area contributed by atoms with Crippen LogP contribution in [0.3, 0.4) is 0 Å². The highest BCUT2D eigenvalue weighted by Gasteiger charge is 2.13. The van der Waals surface area contributed by atoms with Crippen molar-refractivity contribution in [2.24, 2.45) is 0 Å². The van der Waals surface area contributed by atoms with E-state index in [1.54, 1.807) is 11.3 Å². The summed E-state index contributed by atoms with van der Waals surface area (Å²) < 4.78 is 5.33. The van der Waals surface area contributed by atoms with Gasteiger partial charge in [-0.15, -0.1) is 11.3 Å². The Labute approximate surface area is 153 Å². The third kappa shape index (κ3) is 5.63. The van der Waals surface area contributed by atoms with Gasteiger partial charge in [0, 0.05) is 37.5 Å². The number of benzene rings is 1. The molecular weight excluding hydrogens is 334 g/mol. The third-order valence-corrected chi connectivity index (χ3v) is 5.47. The Morgan fingerprint density at radius 3 is 2.80 bits per heavy atom. The smallest absolute Gasteiger partial charge is 0.225 e. The van der Waals surface area contributed by atoms with Crippen LogP contribution in [0.25, 0.3) is 0 Å². The number of carbonyl (C=O) groups is 1. The van der Waals surface area contributed by atoms with Gasteiger partial charge >= 0.3 is 0 Å². The molecule has 0 atom stereocenters. The van der Waals surface area contributed by atoms with Crippen molar-refractivity contribution in [3.8, 4) is 0 Å². The van der Waals surface area contributed by atoms with Gasteiger partial charge in [0.1, 0.15) is 0 Å². The number of ether oxygens (including phenoxy) is 1. The number of morpholine rings is 1. The number of rotatable bonds is 7. The molecule has 1 fully saturated rings. The van der Waals surface area contributed by atoms with Gasteiger partial charge in [0.05, 0.1) is 30.3 Å². The molecule has 1 saturated heterocycles. The molecule has 0 radical (unpaired) electrons. The van der Waals surface area contributed by atoms with E-state index in [0.717, 1.165) is 54.8 Å². The van der Waals surface area contributed by atoms with Crippen LogP contribution in [0.1, 0.15) is 21.1 Å². The van der Waals surface area contributed by atoms with E-state index in [1.165, 1.54) is 5.56 Å². The SMILES string of the molecule is Cc1nc(Cc2ccccc2)sc1CC(=O)NCCN1CCOCC1. The molecule has 25 heavy (non-hydrogen) atoms. The fourth-order valence-electron chi connectivity index (χ4n) is 2.88. The summed E-state index contributed by atoms with van der Waals surface area (Å²) in [6.07, 6.45) is 1.24. The lowest BCUT2D eigenvalue weighted by Crippen LogP contribution is -2.41. The standard InChI is InChI=1S/C19H25N3O2S/c1-15-17(25-19(21-15)13-16-5-3-2-4-6-16)14-18(23)20-7-8-22-9-11-24-12-10-22/h2-6H,7-14H2,1H3,(H,20,23). The van der Waals surface area contributed by atoms with Crippen molar-refractivity contribution in [3.05, 3.63) is 51.5 Å². The molecule has 1 aliphatic rings. The fourth-order valence-corrected chi connectivity index (χ4v) is 3.99. The summed E-state index contributed by atoms with van der Waals surface area (Å²) in [6.45, 7) is 7.04. The van der Waals surface area contributed by atoms with Crippen LogP contribution in [0.15, 0.2) is 30.3 Å². The van der Waals surface area contributed by atoms with Crippen LogP contribution in [0.2, 0.25) is 0 Å². The molecule has 1 aromatic heterocycles. The zero-order chi connectivity index (χ0) is 17.5. The second kappa shape index (κ2) is 9.08. The van der Waals surface area contributed by atoms with Crippen molar-refractivity contribution >= 4 is 17.2 Å². The van der Waals surface area contributed by atoms with Crippen molar-refractivity contribution in [2.75, 3.05) is 39.4 Å². The van der Waals surface area contributed by atoms with Gasteiger partial charge in [0.2, 0.25) is 5.91 Å². The van der Waals surface area contributed by atoms with Crippen molar-refractivity contribution in [2.45, 2.75) is 19.8 Å². The Balaban J connectivity index is 1.46. The molecule has 134 valence electrons. The maximum atomic E-state index is 12.2. The van der Waals surface area contributed by atoms with Crippen LogP contribution in [-0.4, -0.2) is 55.2 Å². The Kier molecular flexibility index (Phi) is 6.55. The molecule has 5 nitrogen and oxygen atoms in total. The molecule has 6 heteroatoms. The molecule has 0 spiro atoms. The number of aromatic nitrogens is 1. The highest BCUT2D eigenvalue weighted by Crippen LogP contribution is 2.21. The third-order valence-electron chi connectivity index (χ3n) is 4.31. The molecule has 1 N–H and O–H groups in total. The summed E-state index contributed by atoms with van der Waals surface area (Å²) in [7, 11) is 0. The van der Waals surface area contributed by atoms with E-state index < -0.39 is 0 Å². The number of thiazole rings is 1. The summed E-state index contributed by atoms with van der Waals surface area (Å²) in [5.41, 5.74) is 2.22. The van der Waals surface area contributed by atoms with Crippen molar-refractivity contribution in [3.63, 3.8) is 0 Å². The number of aryl methyl sites for hydroxylation is 1. The van der Waals surface area contributed by atoms with Crippen LogP contribution in [0, 0.1) is 6.92 Å². The first kappa shape index (κ1) is 18.0. The van der Waals surface area contributed by atoms with Crippen LogP contribution in [0.4, 0.5) is 0 Å². The van der Waals surface area contributed by atoms with Gasteiger partial charge in [-0.1, -0.05) is 30.3 Å². The number of hydrogen-bond acceptors (Lipinski definition) is 5. The Morgan fingerprint density at radius 1 is 1.28 bits per heavy atom. The first-order valence-electron chi connectivity index (χ1n) is 8.76. The van der Waals surface area contributed by atoms with Crippen LogP contribution in [0.5, 0.6) is 0 Å². The normalized spacial score (nSPS) is 15.2. The summed E-state index contributed by atoms with van der Waals surface area (Å²) in [6, 6.07) is 10.3. The number of hydrogen-bond donors (Lipinski definition) is 1. The summed E-state index contributed by atoms with van der Waals surface area (Å²) in [5, 5.41) is 4.09. The average molecular weight is 359 g/mol. The lowest BCUT2D eigenvalue weighted by atomic mass is 10.2. The maximum absolute atomic E-state index is 12.2. The quantitative estimate of drug-likeness (QED) is 0.822. The van der Waals surface area contributed by atoms with Gasteiger partial charge in [-0.3, -0.25) is 9.69 Å². The molecule has 1 aromatic carbocycles. The van der Waals surface area contributed by atoms with Crippen molar-refractivity contribution in [1.82, 2.24) is 15.2 Å². The molecule has 2 heterocycles. The molecule has 0 saturated carbocycles. The molecular formula is C19H25N3O2S. The molecule has 2 aromatic rings. The van der Waals surface area contributed by atoms with Crippen molar-refractivity contribution < 1.29 is 9.53 Å². The lowest BCUT2D eigenvalue weighted by Gasteiger charge is -2.26. The molecule has 0 bridgehead atoms. The Hall–Kier alpha value is -1.76. The molecule has 1 aliphatic heterocycles. The van der Waals surface area contributed by atoms with E-state index in [4.69, 9.17) is 4.74 Å². The van der Waals surface area contributed by atoms with E-state index in [-0.39, 0.29) is 5.91 Å². The van der Waals surface area contributed by atoms with Gasteiger partial charge < -0.3 is 10.1 Å². The minimum Gasteiger partial charge on any atom is -0.379 e. The van der Waals surface area contributed by atoms with Crippen molar-refractivity contribution in [1.29, 1.82) is 0 Å². The second-order valence-electron chi connectivity index (χ2n) is 6.26. The number of nitrogens with zero attached hydrogens (tertiary/aromatic N) is 2. The van der Waals surface area contributed by atoms with E-state index >= 15 is 0 Å². The zero-order valence-corrected chi connectivity index (χ0v) is 15.5. The number of carbonyl (C=O) groups excluding carboxylic acids is 1. The van der Waals surface area contributed by atoms with Gasteiger partial charge in [-0.2, -0.15) is 0 Å². The maximum Gasteiger partial charge on any atom is 0.225 e. The van der Waals surface area contributed by atoms with Crippen LogP contribution >= 0.6 is 11.3 Å². The topological polar surface area (TPSA) is 54.5 Å². The van der Waals surface area contributed by atoms with Gasteiger partial charge in [-0.05, 0) is 12.5 Å². The largest absolute Gasteiger partial charge is 0.379 e. The van der Waals surface area contributed by atoms with Gasteiger partial charge in [0.25, 0.3) is 0 Å². The van der Waals surface area contributed by atoms with E-state index in [1.807, 2.05) is 25.1 Å². The van der Waals surface area contributed by atoms with E-state index in [9.17, 15) is 4.79 Å². The highest BCUT2D eigenvalue weighted by molar-refractivity contribution is 7.11. The first-order valence-corrected chi connectivity index (χ1v) is 9.58. The second-order valence-corrected chi connectivity index (χ2v) is 7.43. The monoisotopic (exact) mass is 359 g/mol. The summed E-state index contributed by atoms with van der Waals surface area (Å²) in [4.78, 5) is 20.2. The summed E-state index contributed by atoms with van der Waals surface area (Å²) in [5.74, 6) is 0.0753. The zero-order valence-electron chi connectivity index (χ0n) is 14.7. The molecule has 1 amide bonds. The Bertz CT molecular complexity index is 681. The number of amides is 1. The first-order chi connectivity index (χ1) is 12.2. The predicted molar refractivity (Wildman–Crippen MR) is 100 cm³/mol. The lowest BCUT2D eigenvalue weighted by molar-refractivity contribution is -0.120. The molecule has 0 aliphatic carbocycles. The highest BCUT2D eigenvalue weighted by atomic mass is 32.1. The minimum atomic E-state index is 0.0753. The minimum absolute atomic E-state index is 0.0753. The fraction of sp³-hybridized carbons (Fsp3) is 0.474. The van der Waals surface area contributed by atoms with Gasteiger partial charge in [-0.25, -0.2) is 4.98 Å². The number of nitrogens with one attached hydrogen (secondary N) is 1. The Morgan fingerprint density at radius 2 is 2.04 bits per heavy atom. The van der Waals surface area contributed by atoms with Gasteiger partial charge in [0.15, 0.2) is 0 Å². The average Bonchev–Trinajstić information content (AvgIpc) is 2.96. The predicted octanol–water partition coefficient (Wildman–Crippen LogP) is 2.03. The van der Waals surface area contributed by atoms with Crippen LogP contribution in [-0.2, 0) is 22.4 Å². The summed E-state index contributed by atoms with van der Waals surface area (Å²) >= 11 is 1.65.